The summed E-state index contributed by atoms with van der Waals surface area (Å²) in [4.78, 5) is 13.9. The summed E-state index contributed by atoms with van der Waals surface area (Å²) in [6, 6.07) is 63.4. The van der Waals surface area contributed by atoms with Crippen LogP contribution in [0.4, 0.5) is 0 Å². The lowest BCUT2D eigenvalue weighted by molar-refractivity contribution is 0.978. The zero-order valence-corrected chi connectivity index (χ0v) is 25.3. The second-order valence-electron chi connectivity index (χ2n) is 11.7. The summed E-state index contributed by atoms with van der Waals surface area (Å²) in [5.74, 6) is -0.0346. The predicted octanol–water partition coefficient (Wildman–Crippen LogP) is 10.7. The van der Waals surface area contributed by atoms with Crippen LogP contribution in [-0.2, 0) is 0 Å². The van der Waals surface area contributed by atoms with Gasteiger partial charge in [-0.25, -0.2) is 0 Å². The molecular weight excluding hydrogens is 558 g/mol. The largest absolute Gasteiger partial charge is 0.276 e. The van der Waals surface area contributed by atoms with E-state index in [1.165, 1.54) is 38.9 Å². The highest BCUT2D eigenvalue weighted by molar-refractivity contribution is 6.06. The number of rotatable bonds is 6. The van der Waals surface area contributed by atoms with E-state index in [0.717, 1.165) is 22.0 Å². The van der Waals surface area contributed by atoms with Gasteiger partial charge in [0.15, 0.2) is 0 Å². The SMILES string of the molecule is O=c1c2ccccc2c2cc(C(c3cccc(-c4ccccc4)c3)c3cccc(-c4ccccc4)c3)ccc2n1-c1ccccc1. The molecule has 0 unspecified atom stereocenters. The summed E-state index contributed by atoms with van der Waals surface area (Å²) < 4.78 is 1.85. The maximum absolute atomic E-state index is 13.9. The van der Waals surface area contributed by atoms with Crippen LogP contribution < -0.4 is 5.56 Å². The van der Waals surface area contributed by atoms with E-state index in [1.54, 1.807) is 0 Å². The molecule has 0 atom stereocenters. The van der Waals surface area contributed by atoms with Gasteiger partial charge in [-0.1, -0.05) is 152 Å². The Morgan fingerprint density at radius 1 is 0.370 bits per heavy atom. The van der Waals surface area contributed by atoms with Gasteiger partial charge in [-0.05, 0) is 74.7 Å². The van der Waals surface area contributed by atoms with Gasteiger partial charge in [0, 0.05) is 22.4 Å². The lowest BCUT2D eigenvalue weighted by atomic mass is 9.82. The Labute approximate surface area is 268 Å². The van der Waals surface area contributed by atoms with Crippen LogP contribution in [0.15, 0.2) is 187 Å². The highest BCUT2D eigenvalue weighted by Gasteiger charge is 2.21. The second-order valence-corrected chi connectivity index (χ2v) is 11.7. The quantitative estimate of drug-likeness (QED) is 0.140. The molecule has 0 radical (unpaired) electrons. The van der Waals surface area contributed by atoms with Crippen LogP contribution in [0, 0.1) is 0 Å². The van der Waals surface area contributed by atoms with E-state index >= 15 is 0 Å². The van der Waals surface area contributed by atoms with E-state index in [-0.39, 0.29) is 11.5 Å². The summed E-state index contributed by atoms with van der Waals surface area (Å²) >= 11 is 0. The smallest absolute Gasteiger partial charge is 0.263 e. The third-order valence-corrected chi connectivity index (χ3v) is 8.91. The highest BCUT2D eigenvalue weighted by atomic mass is 16.1. The van der Waals surface area contributed by atoms with Gasteiger partial charge in [-0.15, -0.1) is 0 Å². The van der Waals surface area contributed by atoms with Crippen molar-refractivity contribution in [1.29, 1.82) is 0 Å². The van der Waals surface area contributed by atoms with Crippen LogP contribution in [0.25, 0.3) is 49.6 Å². The number of pyridine rings is 1. The molecule has 0 amide bonds. The fourth-order valence-corrected chi connectivity index (χ4v) is 6.75. The number of aromatic nitrogens is 1. The first-order valence-corrected chi connectivity index (χ1v) is 15.7. The molecule has 0 aliphatic heterocycles. The predicted molar refractivity (Wildman–Crippen MR) is 192 cm³/mol. The molecule has 2 heteroatoms. The molecule has 1 heterocycles. The Morgan fingerprint density at radius 3 is 1.43 bits per heavy atom. The molecule has 8 aromatic rings. The summed E-state index contributed by atoms with van der Waals surface area (Å²) in [6.07, 6.45) is 0. The average Bonchev–Trinajstić information content (AvgIpc) is 3.13. The number of nitrogens with zero attached hydrogens (tertiary/aromatic N) is 1. The van der Waals surface area contributed by atoms with Crippen LogP contribution in [0.1, 0.15) is 22.6 Å². The van der Waals surface area contributed by atoms with Crippen molar-refractivity contribution < 1.29 is 0 Å². The molecule has 0 aliphatic carbocycles. The molecule has 0 N–H and O–H groups in total. The Morgan fingerprint density at radius 2 is 0.848 bits per heavy atom. The Balaban J connectivity index is 1.38. The van der Waals surface area contributed by atoms with Gasteiger partial charge in [0.2, 0.25) is 0 Å². The number of benzene rings is 7. The normalized spacial score (nSPS) is 11.3. The lowest BCUT2D eigenvalue weighted by Crippen LogP contribution is -2.19. The van der Waals surface area contributed by atoms with E-state index in [2.05, 4.69) is 133 Å². The molecule has 0 saturated carbocycles. The van der Waals surface area contributed by atoms with Crippen molar-refractivity contribution in [1.82, 2.24) is 4.57 Å². The van der Waals surface area contributed by atoms with E-state index in [1.807, 2.05) is 53.1 Å². The summed E-state index contributed by atoms with van der Waals surface area (Å²) in [5, 5.41) is 2.73. The van der Waals surface area contributed by atoms with Crippen molar-refractivity contribution in [2.24, 2.45) is 0 Å². The minimum atomic E-state index is -0.0346. The fourth-order valence-electron chi connectivity index (χ4n) is 6.75. The number of fused-ring (bicyclic) bond motifs is 3. The van der Waals surface area contributed by atoms with Crippen LogP contribution in [0.5, 0.6) is 0 Å². The highest BCUT2D eigenvalue weighted by Crippen LogP contribution is 2.38. The third-order valence-electron chi connectivity index (χ3n) is 8.91. The molecule has 7 aromatic carbocycles. The van der Waals surface area contributed by atoms with Gasteiger partial charge in [0.05, 0.1) is 5.52 Å². The van der Waals surface area contributed by atoms with Gasteiger partial charge in [0.1, 0.15) is 0 Å². The van der Waals surface area contributed by atoms with Crippen molar-refractivity contribution in [2.45, 2.75) is 5.92 Å². The maximum Gasteiger partial charge on any atom is 0.263 e. The van der Waals surface area contributed by atoms with E-state index in [4.69, 9.17) is 0 Å². The Kier molecular flexibility index (Phi) is 7.09. The molecule has 0 bridgehead atoms. The van der Waals surface area contributed by atoms with Crippen LogP contribution in [0.3, 0.4) is 0 Å². The van der Waals surface area contributed by atoms with Gasteiger partial charge in [0.25, 0.3) is 5.56 Å². The van der Waals surface area contributed by atoms with E-state index in [0.29, 0.717) is 5.39 Å². The van der Waals surface area contributed by atoms with Crippen molar-refractivity contribution in [2.75, 3.05) is 0 Å². The zero-order valence-electron chi connectivity index (χ0n) is 25.3. The molecule has 2 nitrogen and oxygen atoms in total. The molecule has 218 valence electrons. The average molecular weight is 590 g/mol. The number of para-hydroxylation sites is 1. The monoisotopic (exact) mass is 589 g/mol. The molecule has 46 heavy (non-hydrogen) atoms. The minimum Gasteiger partial charge on any atom is -0.276 e. The number of hydrogen-bond acceptors (Lipinski definition) is 1. The molecule has 0 aliphatic rings. The first-order valence-electron chi connectivity index (χ1n) is 15.7. The van der Waals surface area contributed by atoms with Gasteiger partial charge in [-0.3, -0.25) is 9.36 Å². The summed E-state index contributed by atoms with van der Waals surface area (Å²) in [7, 11) is 0. The first-order chi connectivity index (χ1) is 22.7. The fraction of sp³-hybridized carbons (Fsp3) is 0.0227. The van der Waals surface area contributed by atoms with Crippen molar-refractivity contribution in [3.05, 3.63) is 209 Å². The molecule has 0 spiro atoms. The molecular formula is C44H31NO. The number of hydrogen-bond donors (Lipinski definition) is 0. The van der Waals surface area contributed by atoms with Crippen molar-refractivity contribution in [3.63, 3.8) is 0 Å². The summed E-state index contributed by atoms with van der Waals surface area (Å²) in [5.41, 5.74) is 10.1. The molecule has 0 fully saturated rings. The topological polar surface area (TPSA) is 22.0 Å². The van der Waals surface area contributed by atoms with Gasteiger partial charge >= 0.3 is 0 Å². The molecule has 8 rings (SSSR count). The van der Waals surface area contributed by atoms with Gasteiger partial charge in [-0.2, -0.15) is 0 Å². The van der Waals surface area contributed by atoms with Crippen molar-refractivity contribution >= 4 is 21.7 Å². The van der Waals surface area contributed by atoms with Crippen LogP contribution >= 0.6 is 0 Å². The zero-order chi connectivity index (χ0) is 30.9. The Bertz CT molecular complexity index is 2290. The van der Waals surface area contributed by atoms with Crippen LogP contribution in [0.2, 0.25) is 0 Å². The first kappa shape index (κ1) is 27.6. The maximum atomic E-state index is 13.9. The standard InChI is InChI=1S/C44H31NO/c46-44-40-25-11-10-24-39(40)41-30-37(26-27-42(41)45(44)38-22-8-3-9-23-38)43(35-20-12-18-33(28-35)31-14-4-1-5-15-31)36-21-13-19-34(29-36)32-16-6-2-7-17-32/h1-30,43H. The molecule has 0 saturated heterocycles. The third kappa shape index (κ3) is 5.00. The van der Waals surface area contributed by atoms with E-state index in [9.17, 15) is 4.79 Å². The van der Waals surface area contributed by atoms with Crippen LogP contribution in [-0.4, -0.2) is 4.57 Å². The van der Waals surface area contributed by atoms with Gasteiger partial charge < -0.3 is 0 Å². The second kappa shape index (κ2) is 11.8. The minimum absolute atomic E-state index is 0.00951. The summed E-state index contributed by atoms with van der Waals surface area (Å²) in [6.45, 7) is 0. The van der Waals surface area contributed by atoms with Crippen molar-refractivity contribution in [3.8, 4) is 27.9 Å². The Hall–Kier alpha value is -5.99. The van der Waals surface area contributed by atoms with E-state index < -0.39 is 0 Å². The lowest BCUT2D eigenvalue weighted by Gasteiger charge is -2.22. The molecule has 1 aromatic heterocycles.